The molecule has 7 heteroatoms. The number of hydrogen-bond acceptors (Lipinski definition) is 3. The SMILES string of the molecule is O=C(CN1C(=O)[C@@H]2[C@H]3C=C[C@@H]([C@@H]4C[C@@H]34)[C@H]2C1=O)Nc1ccc(Cl)cc1Cl. The van der Waals surface area contributed by atoms with Gasteiger partial charge < -0.3 is 5.32 Å². The largest absolute Gasteiger partial charge is 0.323 e. The highest BCUT2D eigenvalue weighted by Crippen LogP contribution is 2.65. The van der Waals surface area contributed by atoms with Crippen molar-refractivity contribution in [2.24, 2.45) is 35.5 Å². The fourth-order valence-electron chi connectivity index (χ4n) is 5.10. The highest BCUT2D eigenvalue weighted by molar-refractivity contribution is 6.36. The molecule has 1 N–H and O–H groups in total. The molecule has 1 aromatic rings. The van der Waals surface area contributed by atoms with Gasteiger partial charge in [-0.3, -0.25) is 19.3 Å². The molecule has 2 saturated carbocycles. The van der Waals surface area contributed by atoms with Crippen LogP contribution in [0.3, 0.4) is 0 Å². The van der Waals surface area contributed by atoms with Crippen molar-refractivity contribution in [3.8, 4) is 0 Å². The second kappa shape index (κ2) is 5.57. The smallest absolute Gasteiger partial charge is 0.244 e. The number of hydrogen-bond donors (Lipinski definition) is 1. The molecular weight excluding hydrogens is 375 g/mol. The maximum Gasteiger partial charge on any atom is 0.244 e. The van der Waals surface area contributed by atoms with E-state index in [9.17, 15) is 14.4 Å². The third-order valence-electron chi connectivity index (χ3n) is 6.26. The van der Waals surface area contributed by atoms with Crippen LogP contribution in [0.1, 0.15) is 6.42 Å². The Labute approximate surface area is 160 Å². The third-order valence-corrected chi connectivity index (χ3v) is 6.81. The number of likely N-dealkylation sites (tertiary alicyclic amines) is 1. The van der Waals surface area contributed by atoms with E-state index in [4.69, 9.17) is 23.2 Å². The first-order valence-corrected chi connectivity index (χ1v) is 9.50. The van der Waals surface area contributed by atoms with Gasteiger partial charge in [0.05, 0.1) is 22.5 Å². The number of nitrogens with zero attached hydrogens (tertiary/aromatic N) is 1. The summed E-state index contributed by atoms with van der Waals surface area (Å²) < 4.78 is 0. The Hall–Kier alpha value is -1.85. The minimum Gasteiger partial charge on any atom is -0.323 e. The average molecular weight is 391 g/mol. The number of amides is 3. The second-order valence-electron chi connectivity index (χ2n) is 7.59. The molecule has 4 aliphatic carbocycles. The number of rotatable bonds is 3. The van der Waals surface area contributed by atoms with Gasteiger partial charge in [0.1, 0.15) is 6.54 Å². The topological polar surface area (TPSA) is 66.5 Å². The van der Waals surface area contributed by atoms with Crippen molar-refractivity contribution >= 4 is 46.6 Å². The summed E-state index contributed by atoms with van der Waals surface area (Å²) in [4.78, 5) is 39.2. The van der Waals surface area contributed by atoms with E-state index in [0.29, 0.717) is 27.6 Å². The highest BCUT2D eigenvalue weighted by Gasteiger charge is 2.67. The molecule has 3 fully saturated rings. The Bertz CT molecular complexity index is 848. The number of imide groups is 1. The van der Waals surface area contributed by atoms with Crippen LogP contribution in [0.15, 0.2) is 30.4 Å². The van der Waals surface area contributed by atoms with Crippen LogP contribution in [0.25, 0.3) is 0 Å². The minimum atomic E-state index is -0.444. The molecule has 0 spiro atoms. The fraction of sp³-hybridized carbons (Fsp3) is 0.421. The number of benzene rings is 1. The molecule has 1 saturated heterocycles. The monoisotopic (exact) mass is 390 g/mol. The zero-order valence-electron chi connectivity index (χ0n) is 13.7. The van der Waals surface area contributed by atoms with Gasteiger partial charge in [-0.05, 0) is 48.3 Å². The minimum absolute atomic E-state index is 0.158. The van der Waals surface area contributed by atoms with Gasteiger partial charge in [0.2, 0.25) is 17.7 Å². The summed E-state index contributed by atoms with van der Waals surface area (Å²) in [7, 11) is 0. The van der Waals surface area contributed by atoms with Gasteiger partial charge in [-0.15, -0.1) is 0 Å². The van der Waals surface area contributed by atoms with Gasteiger partial charge in [-0.2, -0.15) is 0 Å². The Kier molecular flexibility index (Phi) is 3.50. The molecule has 26 heavy (non-hydrogen) atoms. The van der Waals surface area contributed by atoms with E-state index in [0.717, 1.165) is 11.3 Å². The molecule has 6 atom stereocenters. The number of carbonyl (C=O) groups excluding carboxylic acids is 3. The Morgan fingerprint density at radius 3 is 2.27 bits per heavy atom. The van der Waals surface area contributed by atoms with Gasteiger partial charge in [-0.1, -0.05) is 35.4 Å². The fourth-order valence-corrected chi connectivity index (χ4v) is 5.55. The van der Waals surface area contributed by atoms with Gasteiger partial charge in [0.15, 0.2) is 0 Å². The molecule has 1 heterocycles. The molecule has 0 aromatic heterocycles. The van der Waals surface area contributed by atoms with Crippen molar-refractivity contribution < 1.29 is 14.4 Å². The summed E-state index contributed by atoms with van der Waals surface area (Å²) in [5, 5.41) is 3.42. The van der Waals surface area contributed by atoms with E-state index in [1.165, 1.54) is 6.07 Å². The lowest BCUT2D eigenvalue weighted by atomic mass is 9.63. The van der Waals surface area contributed by atoms with E-state index < -0.39 is 5.91 Å². The number of carbonyl (C=O) groups is 3. The Balaban J connectivity index is 1.33. The maximum atomic E-state index is 12.9. The van der Waals surface area contributed by atoms with Gasteiger partial charge in [-0.25, -0.2) is 0 Å². The van der Waals surface area contributed by atoms with Crippen molar-refractivity contribution in [2.45, 2.75) is 6.42 Å². The van der Waals surface area contributed by atoms with E-state index in [2.05, 4.69) is 17.5 Å². The normalized spacial score (nSPS) is 36.2. The van der Waals surface area contributed by atoms with Crippen LogP contribution in [0.5, 0.6) is 0 Å². The first-order valence-electron chi connectivity index (χ1n) is 8.74. The molecular formula is C19H16Cl2N2O3. The maximum absolute atomic E-state index is 12.9. The average Bonchev–Trinajstić information content (AvgIpc) is 3.39. The molecule has 0 unspecified atom stereocenters. The predicted octanol–water partition coefficient (Wildman–Crippen LogP) is 2.99. The molecule has 0 radical (unpaired) electrons. The zero-order chi connectivity index (χ0) is 18.2. The Morgan fingerprint density at radius 2 is 1.69 bits per heavy atom. The van der Waals surface area contributed by atoms with Crippen LogP contribution in [0.4, 0.5) is 5.69 Å². The first-order chi connectivity index (χ1) is 12.5. The van der Waals surface area contributed by atoms with Crippen molar-refractivity contribution in [2.75, 3.05) is 11.9 Å². The molecule has 134 valence electrons. The van der Waals surface area contributed by atoms with Crippen LogP contribution < -0.4 is 5.32 Å². The third kappa shape index (κ3) is 2.26. The van der Waals surface area contributed by atoms with Crippen LogP contribution in [0, 0.1) is 35.5 Å². The van der Waals surface area contributed by atoms with E-state index >= 15 is 0 Å². The predicted molar refractivity (Wildman–Crippen MR) is 96.5 cm³/mol. The molecule has 1 aromatic carbocycles. The van der Waals surface area contributed by atoms with Crippen molar-refractivity contribution in [3.05, 3.63) is 40.4 Å². The summed E-state index contributed by atoms with van der Waals surface area (Å²) in [6.07, 6.45) is 5.34. The molecule has 1 aliphatic heterocycles. The van der Waals surface area contributed by atoms with Crippen molar-refractivity contribution in [1.29, 1.82) is 0 Å². The van der Waals surface area contributed by atoms with E-state index in [-0.39, 0.29) is 42.0 Å². The zero-order valence-corrected chi connectivity index (χ0v) is 15.2. The summed E-state index contributed by atoms with van der Waals surface area (Å²) >= 11 is 11.9. The van der Waals surface area contributed by atoms with E-state index in [1.807, 2.05) is 0 Å². The number of allylic oxidation sites excluding steroid dienone is 2. The summed E-state index contributed by atoms with van der Waals surface area (Å²) in [5.41, 5.74) is 0.403. The summed E-state index contributed by atoms with van der Waals surface area (Å²) in [5.74, 6) is -0.0183. The number of anilines is 1. The molecule has 2 bridgehead atoms. The molecule has 5 nitrogen and oxygen atoms in total. The van der Waals surface area contributed by atoms with Gasteiger partial charge >= 0.3 is 0 Å². The quantitative estimate of drug-likeness (QED) is 0.637. The van der Waals surface area contributed by atoms with E-state index in [1.54, 1.807) is 12.1 Å². The lowest BCUT2D eigenvalue weighted by Crippen LogP contribution is -2.40. The summed E-state index contributed by atoms with van der Waals surface area (Å²) in [6.45, 7) is -0.279. The van der Waals surface area contributed by atoms with Gasteiger partial charge in [0, 0.05) is 5.02 Å². The number of nitrogens with one attached hydrogen (secondary N) is 1. The van der Waals surface area contributed by atoms with Gasteiger partial charge in [0.25, 0.3) is 0 Å². The lowest BCUT2D eigenvalue weighted by molar-refractivity contribution is -0.142. The van der Waals surface area contributed by atoms with Crippen molar-refractivity contribution in [3.63, 3.8) is 0 Å². The van der Waals surface area contributed by atoms with Crippen LogP contribution in [0.2, 0.25) is 10.0 Å². The standard InChI is InChI=1S/C19H16Cl2N2O3/c20-8-1-4-14(13(21)5-8)22-15(24)7-23-18(25)16-9-2-3-10(12-6-11(9)12)17(16)19(23)26/h1-5,9-12,16-17H,6-7H2,(H,22,24)/t9-,10-,11-,12-,16+,17+/m0/s1. The highest BCUT2D eigenvalue weighted by atomic mass is 35.5. The Morgan fingerprint density at radius 1 is 1.08 bits per heavy atom. The number of halogens is 2. The molecule has 3 amide bonds. The van der Waals surface area contributed by atoms with Crippen LogP contribution in [-0.2, 0) is 14.4 Å². The lowest BCUT2D eigenvalue weighted by Gasteiger charge is -2.37. The van der Waals surface area contributed by atoms with Crippen molar-refractivity contribution in [1.82, 2.24) is 4.90 Å². The molecule has 5 aliphatic rings. The first kappa shape index (κ1) is 16.3. The summed E-state index contributed by atoms with van der Waals surface area (Å²) in [6, 6.07) is 4.72. The van der Waals surface area contributed by atoms with Crippen LogP contribution >= 0.6 is 23.2 Å². The molecule has 6 rings (SSSR count). The van der Waals surface area contributed by atoms with Crippen LogP contribution in [-0.4, -0.2) is 29.2 Å². The second-order valence-corrected chi connectivity index (χ2v) is 8.43.